The number of carbonyl (C=O) groups is 4. The van der Waals surface area contributed by atoms with E-state index in [0.717, 1.165) is 10.0 Å². The van der Waals surface area contributed by atoms with E-state index < -0.39 is 36.0 Å². The van der Waals surface area contributed by atoms with E-state index in [1.165, 1.54) is 29.4 Å². The number of aliphatic carboxylic acids is 1. The van der Waals surface area contributed by atoms with Crippen molar-refractivity contribution < 1.29 is 29.4 Å². The standard InChI is InChI=1S/C30H31N3O6S/c1-19(2)26-29(37)33(32(20(3)34)23(27(35)30(38)39)17-21-11-6-4-7-12-21)24(22-13-8-5-9-14-22)18-31(26)28(36)25-15-10-16-40-25/h4-16,18-19,23,26-27,35H,17H2,1-3H3,(H,38,39)/t23-,26?,27?/m0/s1. The van der Waals surface area contributed by atoms with Crippen molar-refractivity contribution in [1.82, 2.24) is 14.9 Å². The summed E-state index contributed by atoms with van der Waals surface area (Å²) in [5, 5.41) is 24.6. The number of hydrogen-bond donors (Lipinski definition) is 2. The molecule has 1 aliphatic heterocycles. The van der Waals surface area contributed by atoms with Gasteiger partial charge in [-0.15, -0.1) is 11.3 Å². The third-order valence-electron chi connectivity index (χ3n) is 6.68. The molecule has 0 saturated heterocycles. The van der Waals surface area contributed by atoms with Gasteiger partial charge in [-0.1, -0.05) is 80.6 Å². The number of carbonyl (C=O) groups excluding carboxylic acids is 3. The second kappa shape index (κ2) is 12.3. The van der Waals surface area contributed by atoms with Gasteiger partial charge in [-0.2, -0.15) is 0 Å². The van der Waals surface area contributed by atoms with Crippen molar-refractivity contribution in [2.75, 3.05) is 0 Å². The second-order valence-electron chi connectivity index (χ2n) is 9.81. The van der Waals surface area contributed by atoms with Crippen LogP contribution in [0.15, 0.2) is 84.4 Å². The van der Waals surface area contributed by atoms with Crippen molar-refractivity contribution in [2.24, 2.45) is 5.92 Å². The Kier molecular flexibility index (Phi) is 8.81. The number of carboxylic acid groups (broad SMARTS) is 1. The minimum absolute atomic E-state index is 0.0378. The van der Waals surface area contributed by atoms with Gasteiger partial charge in [0.15, 0.2) is 6.10 Å². The fourth-order valence-electron chi connectivity index (χ4n) is 4.85. The Bertz CT molecular complexity index is 1390. The number of hydrogen-bond acceptors (Lipinski definition) is 6. The van der Waals surface area contributed by atoms with Gasteiger partial charge in [-0.3, -0.25) is 19.3 Å². The van der Waals surface area contributed by atoms with Crippen LogP contribution in [0.4, 0.5) is 0 Å². The van der Waals surface area contributed by atoms with E-state index in [1.54, 1.807) is 92.0 Å². The van der Waals surface area contributed by atoms with Gasteiger partial charge in [-0.05, 0) is 29.3 Å². The first-order valence-corrected chi connectivity index (χ1v) is 13.7. The van der Waals surface area contributed by atoms with Crippen LogP contribution in [0.5, 0.6) is 0 Å². The minimum atomic E-state index is -2.00. The maximum atomic E-state index is 14.4. The molecule has 0 fully saturated rings. The van der Waals surface area contributed by atoms with E-state index >= 15 is 0 Å². The molecular weight excluding hydrogens is 530 g/mol. The summed E-state index contributed by atoms with van der Waals surface area (Å²) in [5.41, 5.74) is 1.40. The first kappa shape index (κ1) is 28.7. The Morgan fingerprint density at radius 2 is 1.60 bits per heavy atom. The quantitative estimate of drug-likeness (QED) is 0.410. The van der Waals surface area contributed by atoms with Gasteiger partial charge in [-0.25, -0.2) is 14.8 Å². The van der Waals surface area contributed by atoms with Crippen LogP contribution >= 0.6 is 11.3 Å². The number of aliphatic hydroxyl groups is 1. The lowest BCUT2D eigenvalue weighted by Gasteiger charge is -2.47. The molecule has 10 heteroatoms. The van der Waals surface area contributed by atoms with Crippen LogP contribution in [0.1, 0.15) is 41.6 Å². The third kappa shape index (κ3) is 5.83. The van der Waals surface area contributed by atoms with Gasteiger partial charge >= 0.3 is 5.97 Å². The van der Waals surface area contributed by atoms with Crippen LogP contribution in [0.25, 0.3) is 5.70 Å². The van der Waals surface area contributed by atoms with Crippen molar-refractivity contribution in [3.05, 3.63) is 100 Å². The molecule has 3 amide bonds. The van der Waals surface area contributed by atoms with Gasteiger partial charge in [0, 0.05) is 18.7 Å². The monoisotopic (exact) mass is 561 g/mol. The Morgan fingerprint density at radius 3 is 2.12 bits per heavy atom. The molecule has 2 heterocycles. The van der Waals surface area contributed by atoms with E-state index in [2.05, 4.69) is 0 Å². The maximum Gasteiger partial charge on any atom is 0.334 e. The van der Waals surface area contributed by atoms with E-state index in [-0.39, 0.29) is 23.9 Å². The molecule has 1 aliphatic rings. The van der Waals surface area contributed by atoms with E-state index in [9.17, 15) is 29.4 Å². The van der Waals surface area contributed by atoms with Gasteiger partial charge in [0.25, 0.3) is 11.8 Å². The summed E-state index contributed by atoms with van der Waals surface area (Å²) in [6.07, 6.45) is -0.507. The highest BCUT2D eigenvalue weighted by molar-refractivity contribution is 7.12. The number of amides is 3. The average molecular weight is 562 g/mol. The Hall–Kier alpha value is -4.28. The van der Waals surface area contributed by atoms with Gasteiger partial charge < -0.3 is 10.2 Å². The highest BCUT2D eigenvalue weighted by atomic mass is 32.1. The Labute approximate surface area is 236 Å². The number of nitrogens with zero attached hydrogens (tertiary/aromatic N) is 3. The molecule has 1 aromatic heterocycles. The van der Waals surface area contributed by atoms with Crippen LogP contribution in [0, 0.1) is 5.92 Å². The maximum absolute atomic E-state index is 14.4. The molecule has 0 bridgehead atoms. The SMILES string of the molecule is CC(=O)N([C@@H](Cc1ccccc1)C(O)C(=O)O)N1C(=O)C(C(C)C)N(C(=O)c2cccs2)C=C1c1ccccc1. The zero-order valence-corrected chi connectivity index (χ0v) is 23.2. The number of hydrazine groups is 1. The molecule has 2 aromatic carbocycles. The number of benzene rings is 2. The number of rotatable bonds is 9. The van der Waals surface area contributed by atoms with E-state index in [0.29, 0.717) is 16.0 Å². The Morgan fingerprint density at radius 1 is 0.975 bits per heavy atom. The van der Waals surface area contributed by atoms with Crippen LogP contribution in [-0.2, 0) is 20.8 Å². The van der Waals surface area contributed by atoms with E-state index in [4.69, 9.17) is 0 Å². The molecule has 4 rings (SSSR count). The molecule has 0 aliphatic carbocycles. The van der Waals surface area contributed by atoms with Crippen molar-refractivity contribution in [2.45, 2.75) is 45.4 Å². The lowest BCUT2D eigenvalue weighted by Crippen LogP contribution is -2.64. The Balaban J connectivity index is 1.92. The summed E-state index contributed by atoms with van der Waals surface area (Å²) in [5.74, 6) is -3.49. The molecule has 2 N–H and O–H groups in total. The molecule has 0 spiro atoms. The summed E-state index contributed by atoms with van der Waals surface area (Å²) >= 11 is 1.25. The minimum Gasteiger partial charge on any atom is -0.479 e. The first-order chi connectivity index (χ1) is 19.1. The predicted octanol–water partition coefficient (Wildman–Crippen LogP) is 3.88. The normalized spacial score (nSPS) is 16.9. The summed E-state index contributed by atoms with van der Waals surface area (Å²) < 4.78 is 0. The lowest BCUT2D eigenvalue weighted by atomic mass is 9.96. The van der Waals surface area contributed by atoms with Crippen molar-refractivity contribution >= 4 is 40.7 Å². The molecule has 2 unspecified atom stereocenters. The molecule has 0 saturated carbocycles. The molecule has 9 nitrogen and oxygen atoms in total. The molecular formula is C30H31N3O6S. The summed E-state index contributed by atoms with van der Waals surface area (Å²) in [6, 6.07) is 18.7. The highest BCUT2D eigenvalue weighted by Gasteiger charge is 2.47. The lowest BCUT2D eigenvalue weighted by molar-refractivity contribution is -0.173. The molecule has 0 radical (unpaired) electrons. The van der Waals surface area contributed by atoms with Crippen LogP contribution in [-0.4, -0.2) is 67.0 Å². The van der Waals surface area contributed by atoms with Crippen LogP contribution in [0.2, 0.25) is 0 Å². The number of aliphatic hydroxyl groups excluding tert-OH is 1. The first-order valence-electron chi connectivity index (χ1n) is 12.8. The molecule has 208 valence electrons. The smallest absolute Gasteiger partial charge is 0.334 e. The summed E-state index contributed by atoms with van der Waals surface area (Å²) in [6.45, 7) is 4.81. The second-order valence-corrected chi connectivity index (χ2v) is 10.8. The van der Waals surface area contributed by atoms with Gasteiger partial charge in [0.1, 0.15) is 6.04 Å². The largest absolute Gasteiger partial charge is 0.479 e. The third-order valence-corrected chi connectivity index (χ3v) is 7.53. The average Bonchev–Trinajstić information content (AvgIpc) is 3.48. The van der Waals surface area contributed by atoms with Crippen molar-refractivity contribution in [1.29, 1.82) is 0 Å². The van der Waals surface area contributed by atoms with Crippen molar-refractivity contribution in [3.8, 4) is 0 Å². The van der Waals surface area contributed by atoms with Crippen LogP contribution < -0.4 is 0 Å². The zero-order chi connectivity index (χ0) is 29.0. The van der Waals surface area contributed by atoms with Crippen LogP contribution in [0.3, 0.4) is 0 Å². The topological polar surface area (TPSA) is 118 Å². The van der Waals surface area contributed by atoms with Gasteiger partial charge in [0.05, 0.1) is 16.6 Å². The molecule has 3 atom stereocenters. The van der Waals surface area contributed by atoms with E-state index in [1.807, 2.05) is 0 Å². The molecule has 40 heavy (non-hydrogen) atoms. The zero-order valence-electron chi connectivity index (χ0n) is 22.4. The fourth-order valence-corrected chi connectivity index (χ4v) is 5.52. The number of carboxylic acids is 1. The van der Waals surface area contributed by atoms with Crippen molar-refractivity contribution in [3.63, 3.8) is 0 Å². The summed E-state index contributed by atoms with van der Waals surface area (Å²) in [7, 11) is 0. The fraction of sp³-hybridized carbons (Fsp3) is 0.267. The predicted molar refractivity (Wildman–Crippen MR) is 150 cm³/mol. The summed E-state index contributed by atoms with van der Waals surface area (Å²) in [4.78, 5) is 55.2. The molecule has 3 aromatic rings. The van der Waals surface area contributed by atoms with Gasteiger partial charge in [0.2, 0.25) is 5.91 Å². The highest BCUT2D eigenvalue weighted by Crippen LogP contribution is 2.34. The number of thiophene rings is 1.